The van der Waals surface area contributed by atoms with Gasteiger partial charge in [0.1, 0.15) is 12.2 Å². The van der Waals surface area contributed by atoms with Crippen LogP contribution >= 0.6 is 0 Å². The minimum Gasteiger partial charge on any atom is -0.463 e. The van der Waals surface area contributed by atoms with Gasteiger partial charge in [-0.15, -0.1) is 0 Å². The summed E-state index contributed by atoms with van der Waals surface area (Å²) in [5.41, 5.74) is -1.50. The maximum atomic E-state index is 12.8. The lowest BCUT2D eigenvalue weighted by Crippen LogP contribution is -2.43. The van der Waals surface area contributed by atoms with Crippen molar-refractivity contribution in [3.8, 4) is 0 Å². The quantitative estimate of drug-likeness (QED) is 0.481. The summed E-state index contributed by atoms with van der Waals surface area (Å²) >= 11 is 0. The van der Waals surface area contributed by atoms with Crippen LogP contribution in [-0.2, 0) is 18.7 Å². The predicted octanol–water partition coefficient (Wildman–Crippen LogP) is 4.30. The van der Waals surface area contributed by atoms with E-state index in [0.717, 1.165) is 6.42 Å². The Morgan fingerprint density at radius 2 is 1.52 bits per heavy atom. The second-order valence-electron chi connectivity index (χ2n) is 12.0. The number of ether oxygens (including phenoxy) is 2. The highest BCUT2D eigenvalue weighted by atomic mass is 28.2. The molecule has 1 rings (SSSR count). The lowest BCUT2D eigenvalue weighted by atomic mass is 9.89. The van der Waals surface area contributed by atoms with E-state index in [2.05, 4.69) is 34.6 Å². The maximum Gasteiger partial charge on any atom is 0.410 e. The van der Waals surface area contributed by atoms with E-state index in [1.807, 2.05) is 41.5 Å². The van der Waals surface area contributed by atoms with E-state index < -0.39 is 20.8 Å². The first kappa shape index (κ1) is 26.0. The molecule has 0 spiro atoms. The fraction of sp³-hybridized carbons (Fsp3) is 0.909. The van der Waals surface area contributed by atoms with Gasteiger partial charge >= 0.3 is 12.1 Å². The van der Waals surface area contributed by atoms with Crippen LogP contribution in [0.15, 0.2) is 0 Å². The molecule has 1 fully saturated rings. The number of amides is 1. The molecule has 1 unspecified atom stereocenters. The number of nitrogens with zero attached hydrogens (tertiary/aromatic N) is 1. The van der Waals surface area contributed by atoms with Crippen LogP contribution in [0.5, 0.6) is 0 Å². The van der Waals surface area contributed by atoms with Crippen LogP contribution in [0, 0.1) is 11.3 Å². The molecule has 1 amide bonds. The highest BCUT2D eigenvalue weighted by molar-refractivity contribution is 6.31. The summed E-state index contributed by atoms with van der Waals surface area (Å²) in [5, 5.41) is 0.197. The van der Waals surface area contributed by atoms with Gasteiger partial charge in [0, 0.05) is 12.5 Å². The van der Waals surface area contributed by atoms with E-state index in [9.17, 15) is 9.59 Å². The molecule has 0 bridgehead atoms. The molecular weight excluding hydrogens is 386 g/mol. The van der Waals surface area contributed by atoms with E-state index >= 15 is 0 Å². The fourth-order valence-corrected chi connectivity index (χ4v) is 4.07. The highest BCUT2D eigenvalue weighted by Gasteiger charge is 2.45. The second-order valence-corrected chi connectivity index (χ2v) is 14.7. The van der Waals surface area contributed by atoms with Gasteiger partial charge in [-0.3, -0.25) is 4.79 Å². The predicted molar refractivity (Wildman–Crippen MR) is 119 cm³/mol. The minimum absolute atomic E-state index is 0.156. The second kappa shape index (κ2) is 8.96. The Morgan fingerprint density at radius 3 is 1.97 bits per heavy atom. The van der Waals surface area contributed by atoms with Crippen molar-refractivity contribution in [1.82, 2.24) is 4.90 Å². The van der Waals surface area contributed by atoms with Gasteiger partial charge in [-0.05, 0) is 66.8 Å². The molecule has 1 saturated heterocycles. The van der Waals surface area contributed by atoms with Crippen molar-refractivity contribution in [3.05, 3.63) is 0 Å². The summed E-state index contributed by atoms with van der Waals surface area (Å²) in [6, 6.07) is -0.208. The third-order valence-corrected chi connectivity index (χ3v) is 6.68. The topological polar surface area (TPSA) is 65.1 Å². The van der Waals surface area contributed by atoms with E-state index in [0.29, 0.717) is 6.54 Å². The molecule has 0 saturated carbocycles. The standard InChI is InChI=1S/C22H43NO5Si/c1-19(2,3)17(24)26-14-16-12-15(22(10,11)28-29-21(7,8)9)13-23(16)18(25)27-20(4,5)6/h15-16H,12-14,29H2,1-11H3/t15?,16-/m0/s1. The molecule has 29 heavy (non-hydrogen) atoms. The SMILES string of the molecule is CC(C)(C)OC(=O)N1CC(C(C)(C)O[SiH2]C(C)(C)C)C[C@H]1COC(=O)C(C)(C)C. The van der Waals surface area contributed by atoms with Crippen molar-refractivity contribution in [2.75, 3.05) is 13.2 Å². The zero-order valence-electron chi connectivity index (χ0n) is 20.5. The van der Waals surface area contributed by atoms with Crippen LogP contribution in [0.4, 0.5) is 4.79 Å². The number of rotatable bonds is 5. The molecule has 0 aromatic heterocycles. The van der Waals surface area contributed by atoms with E-state index in [1.165, 1.54) is 0 Å². The minimum atomic E-state index is -0.732. The van der Waals surface area contributed by atoms with Crippen molar-refractivity contribution in [2.45, 2.75) is 105 Å². The largest absolute Gasteiger partial charge is 0.463 e. The number of carbonyl (C=O) groups is 2. The van der Waals surface area contributed by atoms with Crippen LogP contribution in [0.1, 0.15) is 82.6 Å². The first-order chi connectivity index (χ1) is 12.8. The number of hydrogen-bond acceptors (Lipinski definition) is 5. The molecule has 7 heteroatoms. The van der Waals surface area contributed by atoms with Crippen molar-refractivity contribution < 1.29 is 23.5 Å². The molecule has 0 aromatic carbocycles. The molecule has 1 heterocycles. The zero-order chi connectivity index (χ0) is 22.8. The first-order valence-corrected chi connectivity index (χ1v) is 11.9. The molecule has 0 aliphatic carbocycles. The van der Waals surface area contributed by atoms with Gasteiger partial charge < -0.3 is 18.8 Å². The molecule has 0 radical (unpaired) electrons. The number of esters is 1. The molecule has 170 valence electrons. The van der Waals surface area contributed by atoms with E-state index in [1.54, 1.807) is 4.90 Å². The van der Waals surface area contributed by atoms with Crippen molar-refractivity contribution in [2.24, 2.45) is 11.3 Å². The molecule has 0 aromatic rings. The summed E-state index contributed by atoms with van der Waals surface area (Å²) in [5.74, 6) is -0.107. The summed E-state index contributed by atoms with van der Waals surface area (Å²) in [7, 11) is -0.732. The van der Waals surface area contributed by atoms with Gasteiger partial charge in [0.05, 0.1) is 17.1 Å². The summed E-state index contributed by atoms with van der Waals surface area (Å²) in [4.78, 5) is 26.8. The number of carbonyl (C=O) groups excluding carboxylic acids is 2. The Labute approximate surface area is 180 Å². The molecule has 2 atom stereocenters. The van der Waals surface area contributed by atoms with Crippen LogP contribution in [0.3, 0.4) is 0 Å². The molecule has 0 N–H and O–H groups in total. The van der Waals surface area contributed by atoms with Gasteiger partial charge in [-0.25, -0.2) is 4.79 Å². The van der Waals surface area contributed by atoms with Crippen molar-refractivity contribution >= 4 is 21.8 Å². The highest BCUT2D eigenvalue weighted by Crippen LogP contribution is 2.36. The van der Waals surface area contributed by atoms with Crippen LogP contribution in [-0.4, -0.2) is 57.1 Å². The Morgan fingerprint density at radius 1 is 0.966 bits per heavy atom. The van der Waals surface area contributed by atoms with Crippen molar-refractivity contribution in [1.29, 1.82) is 0 Å². The molecular formula is C22H43NO5Si. The Kier molecular flexibility index (Phi) is 8.02. The summed E-state index contributed by atoms with van der Waals surface area (Å²) in [6.07, 6.45) is 0.364. The summed E-state index contributed by atoms with van der Waals surface area (Å²) < 4.78 is 17.6. The van der Waals surface area contributed by atoms with E-state index in [-0.39, 0.29) is 41.3 Å². The van der Waals surface area contributed by atoms with Gasteiger partial charge in [-0.1, -0.05) is 20.8 Å². The fourth-order valence-electron chi connectivity index (χ4n) is 3.03. The average Bonchev–Trinajstić information content (AvgIpc) is 2.92. The average molecular weight is 430 g/mol. The third kappa shape index (κ3) is 8.66. The lowest BCUT2D eigenvalue weighted by Gasteiger charge is -2.35. The van der Waals surface area contributed by atoms with Gasteiger partial charge in [0.25, 0.3) is 0 Å². The normalized spacial score (nSPS) is 21.7. The maximum absolute atomic E-state index is 12.8. The van der Waals surface area contributed by atoms with Crippen molar-refractivity contribution in [3.63, 3.8) is 0 Å². The van der Waals surface area contributed by atoms with Crippen LogP contribution < -0.4 is 0 Å². The smallest absolute Gasteiger partial charge is 0.410 e. The lowest BCUT2D eigenvalue weighted by molar-refractivity contribution is -0.154. The Bertz CT molecular complexity index is 583. The third-order valence-electron chi connectivity index (χ3n) is 4.92. The van der Waals surface area contributed by atoms with Crippen LogP contribution in [0.2, 0.25) is 5.04 Å². The first-order valence-electron chi connectivity index (χ1n) is 10.6. The zero-order valence-corrected chi connectivity index (χ0v) is 21.9. The van der Waals surface area contributed by atoms with E-state index in [4.69, 9.17) is 13.9 Å². The number of likely N-dealkylation sites (tertiary alicyclic amines) is 1. The molecule has 1 aliphatic rings. The monoisotopic (exact) mass is 429 g/mol. The summed E-state index contributed by atoms with van der Waals surface area (Å²) in [6.45, 7) is 22.6. The number of hydrogen-bond donors (Lipinski definition) is 0. The Balaban J connectivity index is 2.94. The van der Waals surface area contributed by atoms with Crippen LogP contribution in [0.25, 0.3) is 0 Å². The molecule has 6 nitrogen and oxygen atoms in total. The Hall–Kier alpha value is -1.08. The van der Waals surface area contributed by atoms with Gasteiger partial charge in [0.15, 0.2) is 9.76 Å². The van der Waals surface area contributed by atoms with Gasteiger partial charge in [-0.2, -0.15) is 0 Å². The molecule has 1 aliphatic heterocycles. The van der Waals surface area contributed by atoms with Gasteiger partial charge in [0.2, 0.25) is 0 Å².